The van der Waals surface area contributed by atoms with Crippen LogP contribution in [0.5, 0.6) is 0 Å². The second-order valence-electron chi connectivity index (χ2n) is 7.20. The maximum absolute atomic E-state index is 12.2. The number of pyridine rings is 1. The van der Waals surface area contributed by atoms with Gasteiger partial charge < -0.3 is 26.0 Å². The first-order valence-electron chi connectivity index (χ1n) is 9.71. The van der Waals surface area contributed by atoms with Crippen LogP contribution in [-0.2, 0) is 4.74 Å². The van der Waals surface area contributed by atoms with Gasteiger partial charge in [-0.2, -0.15) is 0 Å². The van der Waals surface area contributed by atoms with Crippen molar-refractivity contribution in [1.82, 2.24) is 10.3 Å². The van der Waals surface area contributed by atoms with Crippen LogP contribution in [0, 0.1) is 0 Å². The first-order valence-corrected chi connectivity index (χ1v) is 9.71. The fourth-order valence-corrected chi connectivity index (χ4v) is 3.81. The first kappa shape index (κ1) is 19.9. The molecule has 1 aliphatic rings. The van der Waals surface area contributed by atoms with Crippen molar-refractivity contribution in [3.63, 3.8) is 0 Å². The number of nitrogen functional groups attached to an aromatic ring is 1. The van der Waals surface area contributed by atoms with Gasteiger partial charge in [-0.15, -0.1) is 0 Å². The number of rotatable bonds is 6. The van der Waals surface area contributed by atoms with Crippen LogP contribution in [0.25, 0.3) is 11.1 Å². The number of nitrogens with one attached hydrogen (secondary N) is 1. The minimum Gasteiger partial charge on any atom is -0.449 e. The molecule has 1 amide bonds. The van der Waals surface area contributed by atoms with Gasteiger partial charge in [-0.25, -0.2) is 4.79 Å². The largest absolute Gasteiger partial charge is 0.449 e. The highest BCUT2D eigenvalue weighted by atomic mass is 16.5. The number of ether oxygens (including phenoxy) is 1. The van der Waals surface area contributed by atoms with Gasteiger partial charge in [-0.1, -0.05) is 48.5 Å². The molecule has 0 fully saturated rings. The Morgan fingerprint density at radius 1 is 1.03 bits per heavy atom. The highest BCUT2D eigenvalue weighted by Crippen LogP contribution is 2.44. The number of amides is 1. The molecule has 3 aromatic rings. The number of carbonyl (C=O) groups excluding carboxylic acids is 1. The van der Waals surface area contributed by atoms with Crippen molar-refractivity contribution in [2.75, 3.05) is 18.9 Å². The predicted octanol–water partition coefficient (Wildman–Crippen LogP) is 2.60. The zero-order valence-corrected chi connectivity index (χ0v) is 16.2. The van der Waals surface area contributed by atoms with Crippen LogP contribution < -0.4 is 11.1 Å². The van der Waals surface area contributed by atoms with Gasteiger partial charge in [-0.05, 0) is 34.4 Å². The van der Waals surface area contributed by atoms with Gasteiger partial charge in [0.2, 0.25) is 0 Å². The molecule has 4 rings (SSSR count). The lowest BCUT2D eigenvalue weighted by atomic mass is 9.98. The molecule has 7 nitrogen and oxygen atoms in total. The van der Waals surface area contributed by atoms with E-state index in [-0.39, 0.29) is 30.5 Å². The molecule has 0 radical (unpaired) electrons. The molecule has 1 aliphatic carbocycles. The lowest BCUT2D eigenvalue weighted by molar-refractivity contribution is 0.0165. The number of aliphatic hydroxyl groups excluding tert-OH is 2. The fraction of sp³-hybridized carbons (Fsp3) is 0.217. The summed E-state index contributed by atoms with van der Waals surface area (Å²) in [4.78, 5) is 16.2. The van der Waals surface area contributed by atoms with Gasteiger partial charge in [0.25, 0.3) is 0 Å². The van der Waals surface area contributed by atoms with Crippen molar-refractivity contribution in [2.45, 2.75) is 18.1 Å². The van der Waals surface area contributed by atoms with Crippen molar-refractivity contribution < 1.29 is 19.7 Å². The Labute approximate surface area is 174 Å². The van der Waals surface area contributed by atoms with E-state index < -0.39 is 18.3 Å². The number of hydrogen-bond acceptors (Lipinski definition) is 6. The number of aromatic nitrogens is 1. The molecule has 0 saturated carbocycles. The highest BCUT2D eigenvalue weighted by Gasteiger charge is 2.29. The van der Waals surface area contributed by atoms with Crippen LogP contribution in [0.3, 0.4) is 0 Å². The maximum Gasteiger partial charge on any atom is 0.407 e. The lowest BCUT2D eigenvalue weighted by Gasteiger charge is -2.19. The summed E-state index contributed by atoms with van der Waals surface area (Å²) in [6.07, 6.45) is -1.79. The molecular formula is C23H23N3O4. The van der Waals surface area contributed by atoms with E-state index in [1.165, 1.54) is 6.20 Å². The van der Waals surface area contributed by atoms with Crippen LogP contribution in [0.2, 0.25) is 0 Å². The maximum atomic E-state index is 12.2. The number of carbonyl (C=O) groups is 1. The van der Waals surface area contributed by atoms with Crippen molar-refractivity contribution in [1.29, 1.82) is 0 Å². The van der Waals surface area contributed by atoms with Crippen LogP contribution in [0.4, 0.5) is 10.5 Å². The molecule has 0 bridgehead atoms. The van der Waals surface area contributed by atoms with E-state index >= 15 is 0 Å². The summed E-state index contributed by atoms with van der Waals surface area (Å²) >= 11 is 0. The van der Waals surface area contributed by atoms with Gasteiger partial charge >= 0.3 is 6.09 Å². The normalized spacial score (nSPS) is 14.5. The van der Waals surface area contributed by atoms with E-state index in [0.29, 0.717) is 0 Å². The highest BCUT2D eigenvalue weighted by molar-refractivity contribution is 5.79. The van der Waals surface area contributed by atoms with E-state index in [1.807, 2.05) is 36.4 Å². The quantitative estimate of drug-likeness (QED) is 0.501. The fourth-order valence-electron chi connectivity index (χ4n) is 3.81. The number of aliphatic hydroxyl groups is 2. The van der Waals surface area contributed by atoms with E-state index in [9.17, 15) is 15.0 Å². The molecule has 2 unspecified atom stereocenters. The Hall–Kier alpha value is -3.42. The average Bonchev–Trinajstić information content (AvgIpc) is 3.09. The van der Waals surface area contributed by atoms with E-state index in [4.69, 9.17) is 10.5 Å². The standard InChI is InChI=1S/C23H23N3O4/c24-19-10-5-11-25-21(19)22(28)20(27)12-26-23(29)30-13-18-16-8-3-1-6-14(16)15-7-2-4-9-17(15)18/h1-11,18,20,22,27-28H,12-13,24H2,(H,26,29). The number of benzene rings is 2. The third-order valence-electron chi connectivity index (χ3n) is 5.32. The second kappa shape index (κ2) is 8.52. The topological polar surface area (TPSA) is 118 Å². The zero-order chi connectivity index (χ0) is 21.1. The van der Waals surface area contributed by atoms with Gasteiger partial charge in [-0.3, -0.25) is 4.98 Å². The number of alkyl carbamates (subject to hydrolysis) is 1. The summed E-state index contributed by atoms with van der Waals surface area (Å²) in [6, 6.07) is 19.4. The van der Waals surface area contributed by atoms with Gasteiger partial charge in [0.1, 0.15) is 18.8 Å². The second-order valence-corrected chi connectivity index (χ2v) is 7.20. The monoisotopic (exact) mass is 405 g/mol. The smallest absolute Gasteiger partial charge is 0.407 e. The summed E-state index contributed by atoms with van der Waals surface area (Å²) in [7, 11) is 0. The molecule has 0 saturated heterocycles. The predicted molar refractivity (Wildman–Crippen MR) is 113 cm³/mol. The Morgan fingerprint density at radius 3 is 2.30 bits per heavy atom. The lowest BCUT2D eigenvalue weighted by Crippen LogP contribution is -2.36. The van der Waals surface area contributed by atoms with Crippen molar-refractivity contribution >= 4 is 11.8 Å². The summed E-state index contributed by atoms with van der Waals surface area (Å²) in [5.41, 5.74) is 10.7. The van der Waals surface area contributed by atoms with Crippen molar-refractivity contribution in [2.24, 2.45) is 0 Å². The minimum absolute atomic E-state index is 0.0491. The van der Waals surface area contributed by atoms with Crippen LogP contribution >= 0.6 is 0 Å². The summed E-state index contributed by atoms with van der Waals surface area (Å²) < 4.78 is 5.42. The Kier molecular flexibility index (Phi) is 5.65. The molecule has 30 heavy (non-hydrogen) atoms. The Balaban J connectivity index is 1.35. The number of nitrogens with two attached hydrogens (primary N) is 1. The molecule has 1 aromatic heterocycles. The van der Waals surface area contributed by atoms with Crippen molar-refractivity contribution in [3.05, 3.63) is 83.7 Å². The first-order chi connectivity index (χ1) is 14.6. The zero-order valence-electron chi connectivity index (χ0n) is 16.2. The average molecular weight is 405 g/mol. The number of anilines is 1. The van der Waals surface area contributed by atoms with Crippen molar-refractivity contribution in [3.8, 4) is 11.1 Å². The summed E-state index contributed by atoms with van der Waals surface area (Å²) in [5, 5.41) is 22.9. The Bertz CT molecular complexity index is 1010. The molecular weight excluding hydrogens is 382 g/mol. The number of fused-ring (bicyclic) bond motifs is 3. The SMILES string of the molecule is Nc1cccnc1C(O)C(O)CNC(=O)OCC1c2ccccc2-c2ccccc21. The van der Waals surface area contributed by atoms with Crippen LogP contribution in [-0.4, -0.2) is 40.5 Å². The molecule has 5 N–H and O–H groups in total. The molecule has 2 atom stereocenters. The molecule has 0 spiro atoms. The molecule has 0 aliphatic heterocycles. The molecule has 1 heterocycles. The summed E-state index contributed by atoms with van der Waals surface area (Å²) in [6.45, 7) is -0.0282. The Morgan fingerprint density at radius 2 is 1.67 bits per heavy atom. The minimum atomic E-state index is -1.32. The van der Waals surface area contributed by atoms with E-state index in [0.717, 1.165) is 22.3 Å². The van der Waals surface area contributed by atoms with E-state index in [2.05, 4.69) is 22.4 Å². The molecule has 7 heteroatoms. The molecule has 2 aromatic carbocycles. The molecule has 154 valence electrons. The third-order valence-corrected chi connectivity index (χ3v) is 5.32. The number of hydrogen-bond donors (Lipinski definition) is 4. The summed E-state index contributed by atoms with van der Waals surface area (Å²) in [5.74, 6) is -0.0491. The number of nitrogens with zero attached hydrogens (tertiary/aromatic N) is 1. The van der Waals surface area contributed by atoms with Gasteiger partial charge in [0.15, 0.2) is 0 Å². The van der Waals surface area contributed by atoms with Crippen LogP contribution in [0.15, 0.2) is 66.9 Å². The third kappa shape index (κ3) is 3.85. The van der Waals surface area contributed by atoms with Gasteiger partial charge in [0, 0.05) is 18.7 Å². The van der Waals surface area contributed by atoms with E-state index in [1.54, 1.807) is 12.1 Å². The van der Waals surface area contributed by atoms with Gasteiger partial charge in [0.05, 0.1) is 11.4 Å². The van der Waals surface area contributed by atoms with Crippen LogP contribution in [0.1, 0.15) is 28.8 Å².